The molecule has 0 bridgehead atoms. The summed E-state index contributed by atoms with van der Waals surface area (Å²) in [6, 6.07) is 9.42. The van der Waals surface area contributed by atoms with Gasteiger partial charge < -0.3 is 10.6 Å². The van der Waals surface area contributed by atoms with Crippen LogP contribution in [0.4, 0.5) is 5.69 Å². The highest BCUT2D eigenvalue weighted by Gasteiger charge is 2.29. The van der Waals surface area contributed by atoms with Crippen LogP contribution in [0.3, 0.4) is 0 Å². The van der Waals surface area contributed by atoms with Crippen LogP contribution in [0.2, 0.25) is 0 Å². The van der Waals surface area contributed by atoms with E-state index in [1.165, 1.54) is 0 Å². The number of amides is 2. The van der Waals surface area contributed by atoms with Gasteiger partial charge in [-0.05, 0) is 51.4 Å². The first kappa shape index (κ1) is 17.5. The normalized spacial score (nSPS) is 17.5. The number of anilines is 1. The smallest absolute Gasteiger partial charge is 0.237 e. The third-order valence-corrected chi connectivity index (χ3v) is 4.42. The third kappa shape index (κ3) is 5.06. The van der Waals surface area contributed by atoms with Crippen LogP contribution in [0.5, 0.6) is 0 Å². The number of hydrogen-bond donors (Lipinski definition) is 2. The highest BCUT2D eigenvalue weighted by atomic mass is 16.2. The number of carbonyl (C=O) groups excluding carboxylic acids is 2. The fraction of sp³-hybridized carbons (Fsp3) is 0.556. The van der Waals surface area contributed by atoms with E-state index in [4.69, 9.17) is 0 Å². The number of benzene rings is 1. The van der Waals surface area contributed by atoms with E-state index in [1.54, 1.807) is 0 Å². The second-order valence-electron chi connectivity index (χ2n) is 6.13. The molecule has 2 N–H and O–H groups in total. The van der Waals surface area contributed by atoms with Crippen molar-refractivity contribution in [3.05, 3.63) is 30.3 Å². The van der Waals surface area contributed by atoms with E-state index >= 15 is 0 Å². The quantitative estimate of drug-likeness (QED) is 0.846. The Morgan fingerprint density at radius 1 is 1.22 bits per heavy atom. The van der Waals surface area contributed by atoms with E-state index in [0.717, 1.165) is 44.6 Å². The molecule has 5 heteroatoms. The summed E-state index contributed by atoms with van der Waals surface area (Å²) in [5.41, 5.74) is 0.840. The molecular weight excluding hydrogens is 290 g/mol. The summed E-state index contributed by atoms with van der Waals surface area (Å²) in [6.07, 6.45) is 2.54. The summed E-state index contributed by atoms with van der Waals surface area (Å²) in [7, 11) is 0. The number of hydrogen-bond acceptors (Lipinski definition) is 3. The van der Waals surface area contributed by atoms with Gasteiger partial charge in [0.2, 0.25) is 11.8 Å². The fourth-order valence-electron chi connectivity index (χ4n) is 2.88. The average molecular weight is 317 g/mol. The predicted octanol–water partition coefficient (Wildman–Crippen LogP) is 2.25. The van der Waals surface area contributed by atoms with Gasteiger partial charge in [0.05, 0.1) is 6.04 Å². The molecule has 0 saturated carbocycles. The van der Waals surface area contributed by atoms with Gasteiger partial charge in [-0.1, -0.05) is 25.1 Å². The van der Waals surface area contributed by atoms with Gasteiger partial charge in [-0.2, -0.15) is 0 Å². The minimum atomic E-state index is -0.125. The lowest BCUT2D eigenvalue weighted by atomic mass is 9.94. The van der Waals surface area contributed by atoms with Crippen molar-refractivity contribution < 1.29 is 9.59 Å². The van der Waals surface area contributed by atoms with Gasteiger partial charge in [0.1, 0.15) is 0 Å². The highest BCUT2D eigenvalue weighted by Crippen LogP contribution is 2.21. The molecule has 2 amide bonds. The first-order chi connectivity index (χ1) is 11.1. The molecule has 1 aromatic rings. The lowest BCUT2D eigenvalue weighted by Gasteiger charge is -2.34. The molecule has 0 aromatic heterocycles. The number of likely N-dealkylation sites (tertiary alicyclic amines) is 1. The summed E-state index contributed by atoms with van der Waals surface area (Å²) in [6.45, 7) is 6.28. The van der Waals surface area contributed by atoms with Gasteiger partial charge in [0.25, 0.3) is 0 Å². The van der Waals surface area contributed by atoms with Crippen LogP contribution in [0.15, 0.2) is 30.3 Å². The van der Waals surface area contributed by atoms with Gasteiger partial charge in [0.15, 0.2) is 0 Å². The van der Waals surface area contributed by atoms with E-state index in [0.29, 0.717) is 0 Å². The molecular formula is C18H27N3O2. The van der Waals surface area contributed by atoms with E-state index < -0.39 is 0 Å². The van der Waals surface area contributed by atoms with Crippen LogP contribution in [-0.4, -0.2) is 42.4 Å². The summed E-state index contributed by atoms with van der Waals surface area (Å²) < 4.78 is 0. The van der Waals surface area contributed by atoms with E-state index in [2.05, 4.69) is 15.5 Å². The molecule has 126 valence electrons. The van der Waals surface area contributed by atoms with Gasteiger partial charge in [0, 0.05) is 18.2 Å². The molecule has 0 spiro atoms. The Hall–Kier alpha value is -1.88. The van der Waals surface area contributed by atoms with E-state index in [1.807, 2.05) is 44.2 Å². The molecule has 1 unspecified atom stereocenters. The minimum Gasteiger partial charge on any atom is -0.355 e. The van der Waals surface area contributed by atoms with E-state index in [9.17, 15) is 9.59 Å². The Morgan fingerprint density at radius 2 is 1.87 bits per heavy atom. The topological polar surface area (TPSA) is 61.4 Å². The van der Waals surface area contributed by atoms with Gasteiger partial charge >= 0.3 is 0 Å². The van der Waals surface area contributed by atoms with Gasteiger partial charge in [-0.25, -0.2) is 0 Å². The fourth-order valence-corrected chi connectivity index (χ4v) is 2.88. The van der Waals surface area contributed by atoms with E-state index in [-0.39, 0.29) is 23.8 Å². The molecule has 1 aliphatic heterocycles. The van der Waals surface area contributed by atoms with Crippen LogP contribution < -0.4 is 10.6 Å². The number of nitrogens with one attached hydrogen (secondary N) is 2. The van der Waals surface area contributed by atoms with Crippen LogP contribution in [0.25, 0.3) is 0 Å². The third-order valence-electron chi connectivity index (χ3n) is 4.42. The summed E-state index contributed by atoms with van der Waals surface area (Å²) in [5, 5.41) is 5.91. The first-order valence-electron chi connectivity index (χ1n) is 8.49. The second-order valence-corrected chi connectivity index (χ2v) is 6.13. The monoisotopic (exact) mass is 317 g/mol. The molecule has 1 fully saturated rings. The summed E-state index contributed by atoms with van der Waals surface area (Å²) in [5.74, 6) is 0.190. The highest BCUT2D eigenvalue weighted by molar-refractivity contribution is 5.92. The molecule has 2 rings (SSSR count). The average Bonchev–Trinajstić information content (AvgIpc) is 2.60. The number of para-hydroxylation sites is 1. The van der Waals surface area contributed by atoms with Crippen molar-refractivity contribution in [2.45, 2.75) is 39.2 Å². The standard InChI is InChI=1S/C18H27N3O2/c1-3-11-19-17(22)14(2)21-12-9-15(10-13-21)18(23)20-16-7-5-4-6-8-16/h4-8,14-15H,3,9-13H2,1-2H3,(H,19,22)(H,20,23). The van der Waals surface area contributed by atoms with Crippen molar-refractivity contribution in [2.75, 3.05) is 25.0 Å². The van der Waals surface area contributed by atoms with Crippen LogP contribution in [-0.2, 0) is 9.59 Å². The molecule has 1 aromatic carbocycles. The van der Waals surface area contributed by atoms with Gasteiger partial charge in [-0.3, -0.25) is 14.5 Å². The molecule has 1 atom stereocenters. The molecule has 1 heterocycles. The number of rotatable bonds is 6. The maximum absolute atomic E-state index is 12.3. The van der Waals surface area contributed by atoms with Crippen molar-refractivity contribution in [3.8, 4) is 0 Å². The maximum atomic E-state index is 12.3. The Kier molecular flexibility index (Phi) is 6.59. The molecule has 0 radical (unpaired) electrons. The zero-order chi connectivity index (χ0) is 16.7. The lowest BCUT2D eigenvalue weighted by Crippen LogP contribution is -2.49. The predicted molar refractivity (Wildman–Crippen MR) is 92.1 cm³/mol. The zero-order valence-electron chi connectivity index (χ0n) is 14.0. The van der Waals surface area contributed by atoms with Crippen molar-refractivity contribution in [2.24, 2.45) is 5.92 Å². The Morgan fingerprint density at radius 3 is 2.48 bits per heavy atom. The Bertz CT molecular complexity index is 510. The number of nitrogens with zero attached hydrogens (tertiary/aromatic N) is 1. The molecule has 1 aliphatic rings. The molecule has 0 aliphatic carbocycles. The SMILES string of the molecule is CCCNC(=O)C(C)N1CCC(C(=O)Nc2ccccc2)CC1. The minimum absolute atomic E-state index is 0.0253. The van der Waals surface area contributed by atoms with Crippen molar-refractivity contribution in [3.63, 3.8) is 0 Å². The van der Waals surface area contributed by atoms with Crippen LogP contribution in [0.1, 0.15) is 33.1 Å². The maximum Gasteiger partial charge on any atom is 0.237 e. The molecule has 5 nitrogen and oxygen atoms in total. The Labute approximate surface area is 138 Å². The molecule has 1 saturated heterocycles. The summed E-state index contributed by atoms with van der Waals surface area (Å²) >= 11 is 0. The van der Waals surface area contributed by atoms with Gasteiger partial charge in [-0.15, -0.1) is 0 Å². The first-order valence-corrected chi connectivity index (χ1v) is 8.49. The second kappa shape index (κ2) is 8.67. The van der Waals surface area contributed by atoms with Crippen molar-refractivity contribution in [1.82, 2.24) is 10.2 Å². The van der Waals surface area contributed by atoms with Crippen molar-refractivity contribution in [1.29, 1.82) is 0 Å². The van der Waals surface area contributed by atoms with Crippen LogP contribution >= 0.6 is 0 Å². The number of carbonyl (C=O) groups is 2. The summed E-state index contributed by atoms with van der Waals surface area (Å²) in [4.78, 5) is 26.5. The lowest BCUT2D eigenvalue weighted by molar-refractivity contribution is -0.127. The van der Waals surface area contributed by atoms with Crippen molar-refractivity contribution >= 4 is 17.5 Å². The van der Waals surface area contributed by atoms with Crippen LogP contribution in [0, 0.1) is 5.92 Å². The zero-order valence-corrected chi connectivity index (χ0v) is 14.0. The largest absolute Gasteiger partial charge is 0.355 e. The Balaban J connectivity index is 1.79. The number of piperidine rings is 1. The molecule has 23 heavy (non-hydrogen) atoms.